The molecule has 2 aliphatic heterocycles. The molecule has 2 amide bonds. The van der Waals surface area contributed by atoms with Gasteiger partial charge in [-0.05, 0) is 96.9 Å². The lowest BCUT2D eigenvalue weighted by Gasteiger charge is -2.33. The molecule has 11 nitrogen and oxygen atoms in total. The molecule has 2 N–H and O–H groups in total. The number of imidazole rings is 2. The van der Waals surface area contributed by atoms with Gasteiger partial charge in [0.15, 0.2) is 23.3 Å². The number of aromatic amines is 1. The van der Waals surface area contributed by atoms with Crippen molar-refractivity contribution in [3.8, 4) is 22.5 Å². The zero-order chi connectivity index (χ0) is 38.4. The highest BCUT2D eigenvalue weighted by molar-refractivity contribution is 5.68. The number of nitrogens with one attached hydrogen (secondary N) is 1. The van der Waals surface area contributed by atoms with Crippen molar-refractivity contribution in [3.63, 3.8) is 0 Å². The van der Waals surface area contributed by atoms with Gasteiger partial charge in [-0.25, -0.2) is 37.1 Å². The fourth-order valence-corrected chi connectivity index (χ4v) is 6.38. The highest BCUT2D eigenvalue weighted by Gasteiger charge is 2.30. The number of ether oxygens (including phenoxy) is 1. The Labute approximate surface area is 306 Å². The minimum absolute atomic E-state index is 0.148. The van der Waals surface area contributed by atoms with Gasteiger partial charge in [0.25, 0.3) is 0 Å². The maximum Gasteiger partial charge on any atom is 0.410 e. The third-order valence-corrected chi connectivity index (χ3v) is 9.30. The Morgan fingerprint density at radius 1 is 0.868 bits per heavy atom. The van der Waals surface area contributed by atoms with E-state index in [-0.39, 0.29) is 17.9 Å². The van der Waals surface area contributed by atoms with Gasteiger partial charge in [-0.2, -0.15) is 0 Å². The van der Waals surface area contributed by atoms with Crippen molar-refractivity contribution >= 4 is 12.2 Å². The van der Waals surface area contributed by atoms with Gasteiger partial charge >= 0.3 is 12.2 Å². The van der Waals surface area contributed by atoms with Crippen molar-refractivity contribution in [1.82, 2.24) is 34.2 Å². The molecular weight excluding hydrogens is 694 g/mol. The lowest BCUT2D eigenvalue weighted by Crippen LogP contribution is -2.41. The summed E-state index contributed by atoms with van der Waals surface area (Å²) in [6.07, 6.45) is 5.24. The number of hydrogen-bond acceptors (Lipinski definition) is 6. The van der Waals surface area contributed by atoms with Crippen molar-refractivity contribution in [3.05, 3.63) is 83.7 Å². The van der Waals surface area contributed by atoms with E-state index in [1.165, 1.54) is 17.0 Å². The highest BCUT2D eigenvalue weighted by atomic mass is 19.2. The Balaban J connectivity index is 0.000000216. The highest BCUT2D eigenvalue weighted by Crippen LogP contribution is 2.32. The third kappa shape index (κ3) is 10.4. The largest absolute Gasteiger partial charge is 0.465 e. The third-order valence-electron chi connectivity index (χ3n) is 9.30. The number of halogens is 4. The van der Waals surface area contributed by atoms with Gasteiger partial charge in [0.1, 0.15) is 17.2 Å². The Bertz CT molecular complexity index is 1870. The summed E-state index contributed by atoms with van der Waals surface area (Å²) in [4.78, 5) is 40.7. The predicted molar refractivity (Wildman–Crippen MR) is 191 cm³/mol. The first-order chi connectivity index (χ1) is 25.1. The second-order valence-corrected chi connectivity index (χ2v) is 14.7. The molecule has 2 aliphatic rings. The van der Waals surface area contributed by atoms with Crippen molar-refractivity contribution in [2.24, 2.45) is 0 Å². The first-order valence-corrected chi connectivity index (χ1v) is 17.7. The predicted octanol–water partition coefficient (Wildman–Crippen LogP) is 7.72. The Kier molecular flexibility index (Phi) is 12.5. The summed E-state index contributed by atoms with van der Waals surface area (Å²) in [5.74, 6) is -1.53. The van der Waals surface area contributed by atoms with Crippen LogP contribution in [0.5, 0.6) is 0 Å². The van der Waals surface area contributed by atoms with Crippen LogP contribution in [0.25, 0.3) is 22.5 Å². The van der Waals surface area contributed by atoms with Gasteiger partial charge in [-0.15, -0.1) is 0 Å². The van der Waals surface area contributed by atoms with Gasteiger partial charge < -0.3 is 34.1 Å². The average molecular weight is 742 g/mol. The van der Waals surface area contributed by atoms with E-state index in [9.17, 15) is 27.2 Å². The lowest BCUT2D eigenvalue weighted by atomic mass is 9.96. The monoisotopic (exact) mass is 741 g/mol. The van der Waals surface area contributed by atoms with Gasteiger partial charge in [0.2, 0.25) is 0 Å². The fourth-order valence-electron chi connectivity index (χ4n) is 6.38. The Hall–Kier alpha value is -4.92. The summed E-state index contributed by atoms with van der Waals surface area (Å²) >= 11 is 0. The molecule has 4 heterocycles. The maximum absolute atomic E-state index is 13.8. The fraction of sp³-hybridized carbons (Fsp3) is 0.474. The number of carbonyl (C=O) groups is 2. The van der Waals surface area contributed by atoms with Gasteiger partial charge in [0.05, 0.1) is 17.6 Å². The smallest absolute Gasteiger partial charge is 0.410 e. The zero-order valence-electron chi connectivity index (χ0n) is 30.7. The summed E-state index contributed by atoms with van der Waals surface area (Å²) < 4.78 is 60.9. The molecule has 2 saturated heterocycles. The average Bonchev–Trinajstić information content (AvgIpc) is 3.78. The number of carboxylic acid groups (broad SMARTS) is 1. The molecule has 2 aromatic carbocycles. The lowest BCUT2D eigenvalue weighted by molar-refractivity contribution is 0.0202. The number of carbonyl (C=O) groups excluding carboxylic acids is 1. The molecule has 15 heteroatoms. The van der Waals surface area contributed by atoms with Crippen LogP contribution in [0.2, 0.25) is 0 Å². The van der Waals surface area contributed by atoms with Crippen LogP contribution >= 0.6 is 0 Å². The van der Waals surface area contributed by atoms with Gasteiger partial charge in [-0.1, -0.05) is 0 Å². The normalized spacial score (nSPS) is 15.7. The second kappa shape index (κ2) is 16.8. The summed E-state index contributed by atoms with van der Waals surface area (Å²) in [5, 5.41) is 8.93. The molecular formula is C38H47F4N7O4. The van der Waals surface area contributed by atoms with E-state index in [4.69, 9.17) is 14.8 Å². The van der Waals surface area contributed by atoms with E-state index in [2.05, 4.69) is 19.4 Å². The first-order valence-electron chi connectivity index (χ1n) is 17.7. The van der Waals surface area contributed by atoms with E-state index in [1.807, 2.05) is 41.1 Å². The number of piperidine rings is 2. The quantitative estimate of drug-likeness (QED) is 0.186. The number of rotatable bonds is 7. The van der Waals surface area contributed by atoms with Crippen LogP contribution in [-0.4, -0.2) is 104 Å². The molecule has 2 aromatic heterocycles. The van der Waals surface area contributed by atoms with Gasteiger partial charge in [-0.3, -0.25) is 0 Å². The minimum atomic E-state index is -0.902. The number of nitrogens with zero attached hydrogens (tertiary/aromatic N) is 6. The van der Waals surface area contributed by atoms with E-state index >= 15 is 0 Å². The number of likely N-dealkylation sites (tertiary alicyclic amines) is 2. The molecule has 0 spiro atoms. The molecule has 0 aliphatic carbocycles. The van der Waals surface area contributed by atoms with Gasteiger partial charge in [0, 0.05) is 68.4 Å². The van der Waals surface area contributed by atoms with E-state index < -0.39 is 35.0 Å². The molecule has 0 atom stereocenters. The number of aromatic nitrogens is 4. The van der Waals surface area contributed by atoms with Crippen LogP contribution in [0.1, 0.15) is 69.9 Å². The van der Waals surface area contributed by atoms with Crippen LogP contribution < -0.4 is 0 Å². The topological polar surface area (TPSA) is 120 Å². The molecule has 0 saturated carbocycles. The van der Waals surface area contributed by atoms with E-state index in [0.717, 1.165) is 55.8 Å². The minimum Gasteiger partial charge on any atom is -0.465 e. The molecule has 286 valence electrons. The molecule has 4 aromatic rings. The van der Waals surface area contributed by atoms with Crippen LogP contribution in [-0.2, 0) is 11.3 Å². The van der Waals surface area contributed by atoms with E-state index in [1.54, 1.807) is 17.2 Å². The standard InChI is InChI=1S/C23H32F2N4O2.C15H15F2N3O2/c1-23(2,3)31-22(30)28-10-8-16(9-11-28)21-26-20(15-29(21)13-12-27(4)5)17-6-7-18(24)19(25)14-17;16-11-2-1-10(7-12(11)17)13-8-18-14(19-13)9-3-5-20(6-4-9)15(21)22/h6-7,14-16H,8-13H2,1-5H3;1-2,7-9H,3-6H2,(H,18,19)(H,21,22). The molecule has 0 radical (unpaired) electrons. The van der Waals surface area contributed by atoms with Crippen LogP contribution in [0, 0.1) is 23.3 Å². The SMILES string of the molecule is CN(C)CCn1cc(-c2ccc(F)c(F)c2)nc1C1CCN(C(=O)OC(C)(C)C)CC1.O=C(O)N1CCC(c2ncc(-c3ccc(F)c(F)c3)[nH]2)CC1. The number of benzene rings is 2. The summed E-state index contributed by atoms with van der Waals surface area (Å²) in [5.41, 5.74) is 1.81. The van der Waals surface area contributed by atoms with Crippen molar-refractivity contribution in [2.45, 2.75) is 70.4 Å². The number of likely N-dealkylation sites (N-methyl/N-ethyl adjacent to an activating group) is 1. The maximum atomic E-state index is 13.8. The van der Waals surface area contributed by atoms with Crippen molar-refractivity contribution in [1.29, 1.82) is 0 Å². The number of amides is 2. The molecule has 53 heavy (non-hydrogen) atoms. The van der Waals surface area contributed by atoms with Crippen molar-refractivity contribution in [2.75, 3.05) is 46.8 Å². The Morgan fingerprint density at radius 3 is 2.00 bits per heavy atom. The molecule has 0 bridgehead atoms. The number of hydrogen-bond donors (Lipinski definition) is 2. The van der Waals surface area contributed by atoms with Crippen molar-refractivity contribution < 1.29 is 37.0 Å². The second-order valence-electron chi connectivity index (χ2n) is 14.7. The number of H-pyrrole nitrogens is 1. The molecule has 2 fully saturated rings. The summed E-state index contributed by atoms with van der Waals surface area (Å²) in [7, 11) is 4.01. The first kappa shape index (κ1) is 39.3. The summed E-state index contributed by atoms with van der Waals surface area (Å²) in [6.45, 7) is 9.29. The van der Waals surface area contributed by atoms with E-state index in [0.29, 0.717) is 61.5 Å². The summed E-state index contributed by atoms with van der Waals surface area (Å²) in [6, 6.07) is 7.55. The van der Waals surface area contributed by atoms with Crippen LogP contribution in [0.15, 0.2) is 48.8 Å². The molecule has 0 unspecified atom stereocenters. The zero-order valence-corrected chi connectivity index (χ0v) is 30.7. The van der Waals surface area contributed by atoms with Crippen LogP contribution in [0.4, 0.5) is 27.2 Å². The van der Waals surface area contributed by atoms with Crippen LogP contribution in [0.3, 0.4) is 0 Å². The molecule has 6 rings (SSSR count). The Morgan fingerprint density at radius 2 is 1.43 bits per heavy atom.